The second-order valence-corrected chi connectivity index (χ2v) is 5.06. The summed E-state index contributed by atoms with van der Waals surface area (Å²) in [6, 6.07) is 4.89. The summed E-state index contributed by atoms with van der Waals surface area (Å²) in [4.78, 5) is 11.6. The van der Waals surface area contributed by atoms with E-state index in [1.54, 1.807) is 19.1 Å². The van der Waals surface area contributed by atoms with Gasteiger partial charge in [0, 0.05) is 10.1 Å². The fourth-order valence-corrected chi connectivity index (χ4v) is 2.75. The van der Waals surface area contributed by atoms with E-state index < -0.39 is 5.97 Å². The summed E-state index contributed by atoms with van der Waals surface area (Å²) in [5.74, 6) is -1.17. The van der Waals surface area contributed by atoms with Gasteiger partial charge in [0.2, 0.25) is 0 Å². The van der Waals surface area contributed by atoms with E-state index in [-0.39, 0.29) is 17.0 Å². The van der Waals surface area contributed by atoms with Gasteiger partial charge in [0.15, 0.2) is 0 Å². The van der Waals surface area contributed by atoms with Crippen LogP contribution in [0, 0.1) is 18.7 Å². The monoisotopic (exact) mass is 226 g/mol. The summed E-state index contributed by atoms with van der Waals surface area (Å²) >= 11 is 1.52. The van der Waals surface area contributed by atoms with Gasteiger partial charge >= 0.3 is 5.97 Å². The lowest BCUT2D eigenvalue weighted by Gasteiger charge is -2.02. The molecule has 2 rings (SSSR count). The van der Waals surface area contributed by atoms with Crippen molar-refractivity contribution >= 4 is 17.7 Å². The van der Waals surface area contributed by atoms with Crippen LogP contribution in [0.4, 0.5) is 4.39 Å². The van der Waals surface area contributed by atoms with Gasteiger partial charge in [-0.2, -0.15) is 0 Å². The standard InChI is InChI=1S/C11H11FO2S/c1-6-4-7(2-3-9(6)12)15-10-5-8(10)11(13)14/h2-4,8,10H,5H2,1H3,(H,13,14). The van der Waals surface area contributed by atoms with E-state index in [2.05, 4.69) is 0 Å². The van der Waals surface area contributed by atoms with Gasteiger partial charge < -0.3 is 5.11 Å². The van der Waals surface area contributed by atoms with Crippen molar-refractivity contribution in [2.45, 2.75) is 23.5 Å². The number of hydrogen-bond donors (Lipinski definition) is 1. The molecule has 0 aliphatic heterocycles. The van der Waals surface area contributed by atoms with Crippen LogP contribution in [0.2, 0.25) is 0 Å². The Bertz CT molecular complexity index is 406. The zero-order chi connectivity index (χ0) is 11.0. The van der Waals surface area contributed by atoms with Crippen molar-refractivity contribution in [1.29, 1.82) is 0 Å². The van der Waals surface area contributed by atoms with Crippen LogP contribution in [0.3, 0.4) is 0 Å². The number of aryl methyl sites for hydroxylation is 1. The molecule has 1 N–H and O–H groups in total. The van der Waals surface area contributed by atoms with Crippen LogP contribution in [-0.4, -0.2) is 16.3 Å². The largest absolute Gasteiger partial charge is 0.481 e. The predicted octanol–water partition coefficient (Wildman–Crippen LogP) is 2.70. The molecular weight excluding hydrogens is 215 g/mol. The number of halogens is 1. The third kappa shape index (κ3) is 2.31. The van der Waals surface area contributed by atoms with Gasteiger partial charge in [-0.25, -0.2) is 4.39 Å². The molecule has 1 fully saturated rings. The maximum absolute atomic E-state index is 13.0. The highest BCUT2D eigenvalue weighted by molar-refractivity contribution is 8.00. The second kappa shape index (κ2) is 3.85. The highest BCUT2D eigenvalue weighted by atomic mass is 32.2. The Labute approximate surface area is 91.5 Å². The fraction of sp³-hybridized carbons (Fsp3) is 0.364. The highest BCUT2D eigenvalue weighted by Crippen LogP contribution is 2.45. The normalized spacial score (nSPS) is 23.9. The summed E-state index contributed by atoms with van der Waals surface area (Å²) in [7, 11) is 0. The van der Waals surface area contributed by atoms with Crippen molar-refractivity contribution in [3.05, 3.63) is 29.6 Å². The maximum Gasteiger partial charge on any atom is 0.307 e. The van der Waals surface area contributed by atoms with Crippen LogP contribution in [0.5, 0.6) is 0 Å². The first-order chi connectivity index (χ1) is 7.08. The van der Waals surface area contributed by atoms with Crippen molar-refractivity contribution in [2.75, 3.05) is 0 Å². The van der Waals surface area contributed by atoms with E-state index >= 15 is 0 Å². The number of carbonyl (C=O) groups is 1. The molecule has 0 radical (unpaired) electrons. The van der Waals surface area contributed by atoms with Gasteiger partial charge in [-0.1, -0.05) is 0 Å². The van der Waals surface area contributed by atoms with Crippen molar-refractivity contribution in [3.63, 3.8) is 0 Å². The number of rotatable bonds is 3. The van der Waals surface area contributed by atoms with Crippen LogP contribution >= 0.6 is 11.8 Å². The van der Waals surface area contributed by atoms with E-state index in [1.165, 1.54) is 17.8 Å². The molecule has 0 bridgehead atoms. The first-order valence-corrected chi connectivity index (χ1v) is 5.61. The zero-order valence-electron chi connectivity index (χ0n) is 8.24. The Morgan fingerprint density at radius 3 is 2.87 bits per heavy atom. The lowest BCUT2D eigenvalue weighted by Crippen LogP contribution is -1.99. The Kier molecular flexibility index (Phi) is 2.69. The smallest absolute Gasteiger partial charge is 0.307 e. The molecule has 1 saturated carbocycles. The average molecular weight is 226 g/mol. The number of hydrogen-bond acceptors (Lipinski definition) is 2. The number of carboxylic acid groups (broad SMARTS) is 1. The first kappa shape index (κ1) is 10.5. The summed E-state index contributed by atoms with van der Waals surface area (Å²) in [6.07, 6.45) is 0.719. The van der Waals surface area contributed by atoms with Crippen LogP contribution in [0.15, 0.2) is 23.1 Å². The summed E-state index contributed by atoms with van der Waals surface area (Å²) < 4.78 is 13.0. The van der Waals surface area contributed by atoms with Crippen LogP contribution in [-0.2, 0) is 4.79 Å². The van der Waals surface area contributed by atoms with E-state index in [4.69, 9.17) is 5.11 Å². The molecule has 80 valence electrons. The van der Waals surface area contributed by atoms with Gasteiger partial charge in [0.25, 0.3) is 0 Å². The Morgan fingerprint density at radius 2 is 2.33 bits per heavy atom. The lowest BCUT2D eigenvalue weighted by atomic mass is 10.2. The van der Waals surface area contributed by atoms with Crippen molar-refractivity contribution in [3.8, 4) is 0 Å². The minimum Gasteiger partial charge on any atom is -0.481 e. The fourth-order valence-electron chi connectivity index (χ4n) is 1.43. The molecule has 4 heteroatoms. The van der Waals surface area contributed by atoms with Gasteiger partial charge in [-0.3, -0.25) is 4.79 Å². The predicted molar refractivity (Wildman–Crippen MR) is 56.5 cm³/mol. The molecule has 0 spiro atoms. The number of thioether (sulfide) groups is 1. The van der Waals surface area contributed by atoms with E-state index in [0.717, 1.165) is 11.3 Å². The number of carboxylic acids is 1. The zero-order valence-corrected chi connectivity index (χ0v) is 9.05. The van der Waals surface area contributed by atoms with Gasteiger partial charge in [0.1, 0.15) is 5.82 Å². The minimum absolute atomic E-state index is 0.160. The van der Waals surface area contributed by atoms with Gasteiger partial charge in [-0.15, -0.1) is 11.8 Å². The molecule has 2 unspecified atom stereocenters. The molecule has 0 amide bonds. The number of benzene rings is 1. The van der Waals surface area contributed by atoms with Crippen molar-refractivity contribution in [1.82, 2.24) is 0 Å². The molecule has 15 heavy (non-hydrogen) atoms. The van der Waals surface area contributed by atoms with Crippen LogP contribution in [0.1, 0.15) is 12.0 Å². The first-order valence-electron chi connectivity index (χ1n) is 4.73. The van der Waals surface area contributed by atoms with Crippen molar-refractivity contribution < 1.29 is 14.3 Å². The molecule has 0 saturated heterocycles. The Balaban J connectivity index is 2.01. The summed E-state index contributed by atoms with van der Waals surface area (Å²) in [5.41, 5.74) is 0.604. The third-order valence-corrected chi connectivity index (χ3v) is 3.82. The van der Waals surface area contributed by atoms with Crippen molar-refractivity contribution in [2.24, 2.45) is 5.92 Å². The van der Waals surface area contributed by atoms with Gasteiger partial charge in [0.05, 0.1) is 5.92 Å². The molecule has 1 aliphatic carbocycles. The number of aliphatic carboxylic acids is 1. The molecule has 1 aromatic rings. The molecule has 2 nitrogen and oxygen atoms in total. The third-order valence-electron chi connectivity index (χ3n) is 2.47. The molecular formula is C11H11FO2S. The van der Waals surface area contributed by atoms with E-state index in [1.807, 2.05) is 0 Å². The quantitative estimate of drug-likeness (QED) is 0.861. The average Bonchev–Trinajstić information content (AvgIpc) is 2.91. The SMILES string of the molecule is Cc1cc(SC2CC2C(=O)O)ccc1F. The maximum atomic E-state index is 13.0. The lowest BCUT2D eigenvalue weighted by molar-refractivity contribution is -0.138. The Hall–Kier alpha value is -1.03. The molecule has 1 aliphatic rings. The van der Waals surface area contributed by atoms with E-state index in [0.29, 0.717) is 5.56 Å². The van der Waals surface area contributed by atoms with E-state index in [9.17, 15) is 9.18 Å². The van der Waals surface area contributed by atoms with Crippen LogP contribution < -0.4 is 0 Å². The molecule has 1 aromatic carbocycles. The topological polar surface area (TPSA) is 37.3 Å². The van der Waals surface area contributed by atoms with Gasteiger partial charge in [-0.05, 0) is 37.1 Å². The summed E-state index contributed by atoms with van der Waals surface area (Å²) in [6.45, 7) is 1.71. The van der Waals surface area contributed by atoms with Crippen LogP contribution in [0.25, 0.3) is 0 Å². The minimum atomic E-state index is -0.730. The highest BCUT2D eigenvalue weighted by Gasteiger charge is 2.43. The second-order valence-electron chi connectivity index (χ2n) is 3.75. The molecule has 0 aromatic heterocycles. The molecule has 2 atom stereocenters. The summed E-state index contributed by atoms with van der Waals surface area (Å²) in [5, 5.41) is 8.89. The Morgan fingerprint density at radius 1 is 1.60 bits per heavy atom. The molecule has 0 heterocycles.